The van der Waals surface area contributed by atoms with Crippen molar-refractivity contribution in [2.45, 2.75) is 118 Å². The molecule has 0 saturated carbocycles. The van der Waals surface area contributed by atoms with E-state index in [0.717, 1.165) is 75.0 Å². The number of esters is 12. The van der Waals surface area contributed by atoms with Crippen molar-refractivity contribution in [1.29, 1.82) is 0 Å². The molecule has 0 N–H and O–H groups in total. The Bertz CT molecular complexity index is 3880. The van der Waals surface area contributed by atoms with Crippen molar-refractivity contribution in [2.75, 3.05) is 199 Å². The van der Waals surface area contributed by atoms with Gasteiger partial charge in [0.1, 0.15) is 92.5 Å². The summed E-state index contributed by atoms with van der Waals surface area (Å²) in [5.74, 6) is -7.60. The highest BCUT2D eigenvalue weighted by atomic mass is 16.7. The second-order valence-electron chi connectivity index (χ2n) is 31.0. The van der Waals surface area contributed by atoms with Crippen LogP contribution in [0.25, 0.3) is 0 Å². The maximum atomic E-state index is 12.0. The molecule has 44 nitrogen and oxygen atoms in total. The Morgan fingerprint density at radius 3 is 0.721 bits per heavy atom. The Balaban J connectivity index is 0. The van der Waals surface area contributed by atoms with E-state index >= 15 is 0 Å². The minimum Gasteiger partial charge on any atom is -0.462 e. The van der Waals surface area contributed by atoms with Gasteiger partial charge >= 0.3 is 108 Å². The standard InChI is InChI=1S/C17H25NO6.C16H23NO7.C16H25NO6.C15H21NO6.C14H19NO7.C14H21NO6/c1-12(2)15(19)22-10-14(24-16(20)13(3)4)11-23-17(21)18-8-6-5-7-9-18;1-11(2)14(18)22-9-13(24-15(19)12(3)4)10-23-16(20)17-5-7-21-8-6-17;1-11(2)13(18)21-8-16(5,9-22-14(19)12(3)4)10-23-15(20)17(6)7;1-3-13(17)20-10-12(22-14(18)4-2)11-21-15(19)16-8-6-5-7-9-16;1-3-12(16)20-9-11(22-13(17)4-2)10-21-14(18)15-5-7-19-8-6-15;1-6-11(16)19-8-14(3,9-20-12(17)7-2)10-21-13(18)15(4)5/h14H,1,3,5-11H2,2,4H3;13H,1,3,5-10H2,2,4H3;1,3,8-10H2,2,4-7H3;3-4,12H,1-2,5-11H2;3-4,11H,1-2,5-10H2;6-7H,1-2,8-10H2,3-5H3. The average Bonchev–Trinajstić information content (AvgIpc) is 0.871. The number of hydrogen-bond donors (Lipinski definition) is 0. The van der Waals surface area contributed by atoms with Gasteiger partial charge in [-0.2, -0.15) is 0 Å². The number of ether oxygens (including phenoxy) is 20. The smallest absolute Gasteiger partial charge is 0.410 e. The van der Waals surface area contributed by atoms with Gasteiger partial charge in [0.2, 0.25) is 0 Å². The monoisotopic (exact) mass is 1930 g/mol. The molecule has 0 bridgehead atoms. The van der Waals surface area contributed by atoms with E-state index in [2.05, 4.69) is 78.9 Å². The number of hydrogen-bond acceptors (Lipinski definition) is 38. The fourth-order valence-electron chi connectivity index (χ4n) is 9.43. The quantitative estimate of drug-likeness (QED) is 0.0316. The topological polar surface area (TPSA) is 511 Å². The molecule has 760 valence electrons. The summed E-state index contributed by atoms with van der Waals surface area (Å²) in [5.41, 5.74) is -0.437. The van der Waals surface area contributed by atoms with Crippen molar-refractivity contribution in [1.82, 2.24) is 29.4 Å². The minimum absolute atomic E-state index is 0.0845. The van der Waals surface area contributed by atoms with Crippen LogP contribution in [0.5, 0.6) is 0 Å². The van der Waals surface area contributed by atoms with Crippen molar-refractivity contribution in [3.05, 3.63) is 149 Å². The number of likely N-dealkylation sites (tertiary alicyclic amines) is 2. The molecule has 4 saturated heterocycles. The summed E-state index contributed by atoms with van der Waals surface area (Å²) in [6.07, 6.45) is 5.19. The van der Waals surface area contributed by atoms with Crippen molar-refractivity contribution in [2.24, 2.45) is 10.8 Å². The number of carbonyl (C=O) groups is 18. The first-order valence-corrected chi connectivity index (χ1v) is 42.3. The molecule has 0 spiro atoms. The molecule has 44 heteroatoms. The van der Waals surface area contributed by atoms with Crippen LogP contribution in [-0.4, -0.2) is 361 Å². The summed E-state index contributed by atoms with van der Waals surface area (Å²) in [6.45, 7) is 56.6. The molecule has 0 aliphatic carbocycles. The molecular weight excluding hydrogens is 1800 g/mol. The lowest BCUT2D eigenvalue weighted by atomic mass is 9.94. The van der Waals surface area contributed by atoms with Gasteiger partial charge in [0, 0.05) is 150 Å². The van der Waals surface area contributed by atoms with Gasteiger partial charge in [0.25, 0.3) is 0 Å². The molecule has 0 aromatic heterocycles. The number of morpholine rings is 2. The van der Waals surface area contributed by atoms with Gasteiger partial charge in [0.05, 0.1) is 37.3 Å². The zero-order chi connectivity index (χ0) is 104. The molecule has 4 rings (SSSR count). The van der Waals surface area contributed by atoms with Gasteiger partial charge in [-0.1, -0.05) is 78.9 Å². The van der Waals surface area contributed by atoms with E-state index in [1.54, 1.807) is 37.7 Å². The van der Waals surface area contributed by atoms with Crippen LogP contribution in [0, 0.1) is 10.8 Å². The summed E-state index contributed by atoms with van der Waals surface area (Å²) in [7, 11) is 6.16. The van der Waals surface area contributed by atoms with Crippen LogP contribution in [0.3, 0.4) is 0 Å². The molecule has 6 amide bonds. The van der Waals surface area contributed by atoms with Crippen molar-refractivity contribution >= 4 is 108 Å². The lowest BCUT2D eigenvalue weighted by Gasteiger charge is -2.28. The highest BCUT2D eigenvalue weighted by Crippen LogP contribution is 2.23. The molecule has 0 aromatic carbocycles. The van der Waals surface area contributed by atoms with Gasteiger partial charge in [0.15, 0.2) is 24.4 Å². The van der Waals surface area contributed by atoms with Crippen molar-refractivity contribution < 1.29 is 181 Å². The summed E-state index contributed by atoms with van der Waals surface area (Å²) in [5, 5.41) is 0. The van der Waals surface area contributed by atoms with E-state index in [4.69, 9.17) is 94.7 Å². The van der Waals surface area contributed by atoms with Crippen molar-refractivity contribution in [3.63, 3.8) is 0 Å². The highest BCUT2D eigenvalue weighted by molar-refractivity contribution is 5.90. The lowest BCUT2D eigenvalue weighted by Crippen LogP contribution is -2.42. The molecule has 4 fully saturated rings. The van der Waals surface area contributed by atoms with Crippen LogP contribution in [0.4, 0.5) is 28.8 Å². The number of carbonyl (C=O) groups excluding carboxylic acids is 18. The summed E-state index contributed by atoms with van der Waals surface area (Å²) in [4.78, 5) is 215. The average molecular weight is 1930 g/mol. The van der Waals surface area contributed by atoms with Gasteiger partial charge in [-0.15, -0.1) is 0 Å². The summed E-state index contributed by atoms with van der Waals surface area (Å²) >= 11 is 0. The SMILES string of the molecule is C=C(C)C(=O)OCC(C)(COC(=O)C(=C)C)COC(=O)N(C)C.C=C(C)C(=O)OCC(COC(=O)N1CCCCC1)OC(=O)C(=C)C.C=C(C)C(=O)OCC(COC(=O)N1CCOCC1)OC(=O)C(=C)C.C=CC(=O)OCC(C)(COC(=O)C=C)COC(=O)N(C)C.C=CC(=O)OCC(COC(=O)N1CCCCC1)OC(=O)C=C.C=CC(=O)OCC(COC(=O)N1CCOCC1)OC(=O)C=C. The predicted molar refractivity (Wildman–Crippen MR) is 485 cm³/mol. The molecule has 4 unspecified atom stereocenters. The third-order valence-electron chi connectivity index (χ3n) is 17.2. The fraction of sp³-hybridized carbons (Fsp3) is 0.543. The molecular formula is C92H134N6O38. The Labute approximate surface area is 792 Å². The van der Waals surface area contributed by atoms with E-state index in [9.17, 15) is 86.3 Å². The Morgan fingerprint density at radius 2 is 0.478 bits per heavy atom. The van der Waals surface area contributed by atoms with Crippen LogP contribution >= 0.6 is 0 Å². The van der Waals surface area contributed by atoms with Gasteiger partial charge in [-0.25, -0.2) is 86.3 Å². The Hall–Kier alpha value is -13.9. The normalized spacial score (nSPS) is 13.7. The van der Waals surface area contributed by atoms with Crippen LogP contribution < -0.4 is 0 Å². The van der Waals surface area contributed by atoms with E-state index in [0.29, 0.717) is 78.8 Å². The largest absolute Gasteiger partial charge is 0.462 e. The number of nitrogens with zero attached hydrogens (tertiary/aromatic N) is 6. The van der Waals surface area contributed by atoms with Gasteiger partial charge in [-0.3, -0.25) is 0 Å². The minimum atomic E-state index is -0.928. The van der Waals surface area contributed by atoms with Gasteiger partial charge in [-0.05, 0) is 93.9 Å². The summed E-state index contributed by atoms with van der Waals surface area (Å²) < 4.78 is 101. The Morgan fingerprint density at radius 1 is 0.272 bits per heavy atom. The molecule has 4 aliphatic heterocycles. The Kier molecular flexibility index (Phi) is 63.7. The second-order valence-corrected chi connectivity index (χ2v) is 31.0. The third-order valence-corrected chi connectivity index (χ3v) is 17.2. The second kappa shape index (κ2) is 69.8. The van der Waals surface area contributed by atoms with E-state index in [1.165, 1.54) is 75.2 Å². The van der Waals surface area contributed by atoms with Crippen molar-refractivity contribution in [3.8, 4) is 0 Å². The fourth-order valence-corrected chi connectivity index (χ4v) is 9.43. The molecule has 4 atom stereocenters. The molecule has 4 heterocycles. The zero-order valence-electron chi connectivity index (χ0n) is 80.1. The molecule has 4 aliphatic rings. The first kappa shape index (κ1) is 124. The van der Waals surface area contributed by atoms with Crippen LogP contribution in [0.2, 0.25) is 0 Å². The number of piperidine rings is 2. The molecule has 0 radical (unpaired) electrons. The first-order chi connectivity index (χ1) is 64.0. The predicted octanol–water partition coefficient (Wildman–Crippen LogP) is 8.08. The summed E-state index contributed by atoms with van der Waals surface area (Å²) in [6, 6.07) is 0. The van der Waals surface area contributed by atoms with E-state index in [-0.39, 0.29) is 126 Å². The van der Waals surface area contributed by atoms with Crippen LogP contribution in [0.15, 0.2) is 149 Å². The highest BCUT2D eigenvalue weighted by Gasteiger charge is 2.35. The third kappa shape index (κ3) is 58.8. The molecule has 136 heavy (non-hydrogen) atoms. The lowest BCUT2D eigenvalue weighted by molar-refractivity contribution is -0.156. The number of rotatable bonds is 44. The molecule has 0 aromatic rings. The first-order valence-electron chi connectivity index (χ1n) is 42.3. The number of amides is 6. The maximum absolute atomic E-state index is 12.0. The maximum Gasteiger partial charge on any atom is 0.410 e. The van der Waals surface area contributed by atoms with E-state index < -0.39 is 143 Å². The van der Waals surface area contributed by atoms with Crippen LogP contribution in [0.1, 0.15) is 93.9 Å². The zero-order valence-corrected chi connectivity index (χ0v) is 80.1. The van der Waals surface area contributed by atoms with Crippen LogP contribution in [-0.2, 0) is 152 Å². The van der Waals surface area contributed by atoms with Gasteiger partial charge < -0.3 is 124 Å². The van der Waals surface area contributed by atoms with E-state index in [1.807, 2.05) is 0 Å².